The third-order valence-electron chi connectivity index (χ3n) is 3.17. The molecule has 0 heterocycles. The maximum atomic E-state index is 11.1. The number of carbonyl (C=O) groups is 1. The van der Waals surface area contributed by atoms with Crippen LogP contribution >= 0.6 is 0 Å². The zero-order valence-corrected chi connectivity index (χ0v) is 11.4. The van der Waals surface area contributed by atoms with Crippen molar-refractivity contribution in [3.8, 4) is 5.75 Å². The Hall–Kier alpha value is -2.49. The molecule has 0 aromatic heterocycles. The topological polar surface area (TPSA) is 78.3 Å². The number of hydrogen-bond donors (Lipinski definition) is 2. The van der Waals surface area contributed by atoms with E-state index in [4.69, 9.17) is 16.2 Å². The number of aryl methyl sites for hydroxylation is 1. The molecule has 2 aromatic carbocycles. The van der Waals surface area contributed by atoms with Crippen LogP contribution in [0.2, 0.25) is 0 Å². The van der Waals surface area contributed by atoms with E-state index in [1.54, 1.807) is 18.2 Å². The van der Waals surface area contributed by atoms with Crippen LogP contribution in [-0.4, -0.2) is 5.91 Å². The molecule has 0 fully saturated rings. The number of rotatable bonds is 5. The lowest BCUT2D eigenvalue weighted by atomic mass is 10.1. The molecule has 0 aliphatic rings. The Balaban J connectivity index is 2.13. The summed E-state index contributed by atoms with van der Waals surface area (Å²) in [4.78, 5) is 11.1. The number of benzene rings is 2. The van der Waals surface area contributed by atoms with Gasteiger partial charge in [0, 0.05) is 16.8 Å². The van der Waals surface area contributed by atoms with Gasteiger partial charge in [-0.05, 0) is 30.2 Å². The van der Waals surface area contributed by atoms with E-state index in [-0.39, 0.29) is 0 Å². The molecule has 4 N–H and O–H groups in total. The van der Waals surface area contributed by atoms with Crippen LogP contribution in [0.4, 0.5) is 5.69 Å². The lowest BCUT2D eigenvalue weighted by Gasteiger charge is -2.12. The van der Waals surface area contributed by atoms with E-state index in [9.17, 15) is 4.79 Å². The van der Waals surface area contributed by atoms with Crippen LogP contribution < -0.4 is 16.2 Å². The van der Waals surface area contributed by atoms with Crippen LogP contribution in [0.1, 0.15) is 28.4 Å². The van der Waals surface area contributed by atoms with Crippen molar-refractivity contribution in [1.82, 2.24) is 0 Å². The van der Waals surface area contributed by atoms with Crippen molar-refractivity contribution in [3.05, 3.63) is 59.2 Å². The molecule has 20 heavy (non-hydrogen) atoms. The summed E-state index contributed by atoms with van der Waals surface area (Å²) < 4.78 is 5.80. The SMILES string of the molecule is CCc1ccccc1OCc1ccc(C(N)=O)cc1N. The molecule has 0 spiro atoms. The summed E-state index contributed by atoms with van der Waals surface area (Å²) in [6, 6.07) is 12.9. The predicted molar refractivity (Wildman–Crippen MR) is 79.5 cm³/mol. The van der Waals surface area contributed by atoms with Crippen LogP contribution in [0.25, 0.3) is 0 Å². The highest BCUT2D eigenvalue weighted by molar-refractivity contribution is 5.93. The summed E-state index contributed by atoms with van der Waals surface area (Å²) in [6.45, 7) is 2.44. The summed E-state index contributed by atoms with van der Waals surface area (Å²) in [5, 5.41) is 0. The van der Waals surface area contributed by atoms with Crippen LogP contribution in [0.5, 0.6) is 5.75 Å². The second kappa shape index (κ2) is 6.10. The minimum atomic E-state index is -0.486. The fraction of sp³-hybridized carbons (Fsp3) is 0.188. The Morgan fingerprint density at radius 1 is 1.15 bits per heavy atom. The monoisotopic (exact) mass is 270 g/mol. The van der Waals surface area contributed by atoms with Gasteiger partial charge >= 0.3 is 0 Å². The van der Waals surface area contributed by atoms with Gasteiger partial charge in [-0.15, -0.1) is 0 Å². The second-order valence-electron chi connectivity index (χ2n) is 4.53. The normalized spacial score (nSPS) is 10.2. The van der Waals surface area contributed by atoms with E-state index in [0.717, 1.165) is 23.3 Å². The fourth-order valence-electron chi connectivity index (χ4n) is 1.97. The number of carbonyl (C=O) groups excluding carboxylic acids is 1. The van der Waals surface area contributed by atoms with Crippen molar-refractivity contribution >= 4 is 11.6 Å². The lowest BCUT2D eigenvalue weighted by Crippen LogP contribution is -2.12. The number of amides is 1. The number of anilines is 1. The maximum absolute atomic E-state index is 11.1. The van der Waals surface area contributed by atoms with Crippen molar-refractivity contribution in [1.29, 1.82) is 0 Å². The molecular weight excluding hydrogens is 252 g/mol. The summed E-state index contributed by atoms with van der Waals surface area (Å²) in [7, 11) is 0. The lowest BCUT2D eigenvalue weighted by molar-refractivity contribution is 0.100. The molecule has 0 radical (unpaired) electrons. The van der Waals surface area contributed by atoms with Crippen molar-refractivity contribution in [2.24, 2.45) is 5.73 Å². The third kappa shape index (κ3) is 3.09. The van der Waals surface area contributed by atoms with E-state index in [2.05, 4.69) is 6.92 Å². The minimum Gasteiger partial charge on any atom is -0.489 e. The molecule has 2 aromatic rings. The first-order chi connectivity index (χ1) is 9.61. The molecule has 4 heteroatoms. The Bertz CT molecular complexity index is 624. The van der Waals surface area contributed by atoms with Gasteiger partial charge in [-0.2, -0.15) is 0 Å². The van der Waals surface area contributed by atoms with Crippen LogP contribution in [0.15, 0.2) is 42.5 Å². The van der Waals surface area contributed by atoms with Gasteiger partial charge in [-0.1, -0.05) is 31.2 Å². The summed E-state index contributed by atoms with van der Waals surface area (Å²) >= 11 is 0. The largest absolute Gasteiger partial charge is 0.489 e. The average molecular weight is 270 g/mol. The first-order valence-corrected chi connectivity index (χ1v) is 6.50. The zero-order valence-electron chi connectivity index (χ0n) is 11.4. The van der Waals surface area contributed by atoms with Gasteiger partial charge in [0.1, 0.15) is 12.4 Å². The van der Waals surface area contributed by atoms with Crippen LogP contribution in [-0.2, 0) is 13.0 Å². The van der Waals surface area contributed by atoms with E-state index >= 15 is 0 Å². The highest BCUT2D eigenvalue weighted by Crippen LogP contribution is 2.21. The van der Waals surface area contributed by atoms with E-state index in [1.165, 1.54) is 0 Å². The fourth-order valence-corrected chi connectivity index (χ4v) is 1.97. The van der Waals surface area contributed by atoms with Gasteiger partial charge < -0.3 is 16.2 Å². The number of ether oxygens (including phenoxy) is 1. The summed E-state index contributed by atoms with van der Waals surface area (Å²) in [5.74, 6) is 0.369. The highest BCUT2D eigenvalue weighted by Gasteiger charge is 2.07. The van der Waals surface area contributed by atoms with Crippen LogP contribution in [0.3, 0.4) is 0 Å². The van der Waals surface area contributed by atoms with E-state index in [0.29, 0.717) is 17.9 Å². The van der Waals surface area contributed by atoms with Crippen molar-refractivity contribution in [3.63, 3.8) is 0 Å². The molecule has 0 saturated heterocycles. The maximum Gasteiger partial charge on any atom is 0.248 e. The minimum absolute atomic E-state index is 0.363. The average Bonchev–Trinajstić information content (AvgIpc) is 2.46. The highest BCUT2D eigenvalue weighted by atomic mass is 16.5. The number of hydrogen-bond acceptors (Lipinski definition) is 3. The number of nitrogen functional groups attached to an aromatic ring is 1. The Labute approximate surface area is 118 Å². The molecule has 0 saturated carbocycles. The summed E-state index contributed by atoms with van der Waals surface area (Å²) in [5.41, 5.74) is 14.0. The Morgan fingerprint density at radius 3 is 2.55 bits per heavy atom. The Morgan fingerprint density at radius 2 is 1.90 bits per heavy atom. The smallest absolute Gasteiger partial charge is 0.248 e. The van der Waals surface area contributed by atoms with E-state index < -0.39 is 5.91 Å². The van der Waals surface area contributed by atoms with Gasteiger partial charge in [-0.3, -0.25) is 4.79 Å². The molecule has 0 unspecified atom stereocenters. The van der Waals surface area contributed by atoms with Gasteiger partial charge in [-0.25, -0.2) is 0 Å². The van der Waals surface area contributed by atoms with Gasteiger partial charge in [0.15, 0.2) is 0 Å². The number of para-hydroxylation sites is 1. The molecule has 104 valence electrons. The standard InChI is InChI=1S/C16H18N2O2/c1-2-11-5-3-4-6-15(11)20-10-13-8-7-12(16(18)19)9-14(13)17/h3-9H,2,10,17H2,1H3,(H2,18,19). The predicted octanol–water partition coefficient (Wildman–Crippen LogP) is 2.51. The molecule has 0 atom stereocenters. The second-order valence-corrected chi connectivity index (χ2v) is 4.53. The number of nitrogens with two attached hydrogens (primary N) is 2. The molecule has 1 amide bonds. The quantitative estimate of drug-likeness (QED) is 0.819. The molecule has 0 bridgehead atoms. The molecular formula is C16H18N2O2. The van der Waals surface area contributed by atoms with Gasteiger partial charge in [0.25, 0.3) is 0 Å². The van der Waals surface area contributed by atoms with Crippen molar-refractivity contribution < 1.29 is 9.53 Å². The molecule has 0 aliphatic heterocycles. The van der Waals surface area contributed by atoms with Crippen molar-refractivity contribution in [2.45, 2.75) is 20.0 Å². The first-order valence-electron chi connectivity index (χ1n) is 6.50. The van der Waals surface area contributed by atoms with Crippen molar-refractivity contribution in [2.75, 3.05) is 5.73 Å². The molecule has 0 aliphatic carbocycles. The Kier molecular flexibility index (Phi) is 4.25. The molecule has 2 rings (SSSR count). The van der Waals surface area contributed by atoms with E-state index in [1.807, 2.05) is 24.3 Å². The molecule has 4 nitrogen and oxygen atoms in total. The van der Waals surface area contributed by atoms with Crippen LogP contribution in [0, 0.1) is 0 Å². The number of primary amides is 1. The third-order valence-corrected chi connectivity index (χ3v) is 3.17. The van der Waals surface area contributed by atoms with Gasteiger partial charge in [0.2, 0.25) is 5.91 Å². The zero-order chi connectivity index (χ0) is 14.5. The first kappa shape index (κ1) is 13.9. The summed E-state index contributed by atoms with van der Waals surface area (Å²) in [6.07, 6.45) is 0.909. The van der Waals surface area contributed by atoms with Gasteiger partial charge in [0.05, 0.1) is 0 Å².